The number of nitrogens with one attached hydrogen (secondary N) is 1. The van der Waals surface area contributed by atoms with Crippen molar-refractivity contribution >= 4 is 40.3 Å². The van der Waals surface area contributed by atoms with Gasteiger partial charge in [0.2, 0.25) is 0 Å². The normalized spacial score (nSPS) is 11.6. The molecule has 1 amide bonds. The van der Waals surface area contributed by atoms with E-state index >= 15 is 0 Å². The van der Waals surface area contributed by atoms with Crippen LogP contribution in [0.2, 0.25) is 0 Å². The fourth-order valence-electron chi connectivity index (χ4n) is 2.06. The lowest BCUT2D eigenvalue weighted by Gasteiger charge is -2.09. The Hall–Kier alpha value is -2.54. The molecule has 0 unspecified atom stereocenters. The Bertz CT molecular complexity index is 902. The molecule has 26 heavy (non-hydrogen) atoms. The molecule has 8 heteroatoms. The molecule has 0 saturated carbocycles. The molecule has 0 aliphatic rings. The number of benzene rings is 2. The predicted molar refractivity (Wildman–Crippen MR) is 99.4 cm³/mol. The molecule has 0 bridgehead atoms. The third-order valence-electron chi connectivity index (χ3n) is 3.30. The fraction of sp³-hybridized carbons (Fsp3) is 0.111. The molecule has 2 aromatic carbocycles. The summed E-state index contributed by atoms with van der Waals surface area (Å²) in [5.74, 6) is -0.146. The molecule has 0 aromatic heterocycles. The standard InChI is InChI=1S/C18H12F3IN2O2/c1-26-16-6-5-11(8-15(16)22)7-12(10-23)17(25)24-14-4-2-3-13(9-14)18(19,20)21/h2-9H,1H3,(H,24,25)/b12-7-. The molecule has 0 radical (unpaired) electrons. The molecular formula is C18H12F3IN2O2. The molecule has 0 saturated heterocycles. The van der Waals surface area contributed by atoms with Gasteiger partial charge in [-0.3, -0.25) is 4.79 Å². The van der Waals surface area contributed by atoms with E-state index in [-0.39, 0.29) is 11.3 Å². The van der Waals surface area contributed by atoms with Crippen molar-refractivity contribution < 1.29 is 22.7 Å². The van der Waals surface area contributed by atoms with Crippen LogP contribution in [0.25, 0.3) is 6.08 Å². The highest BCUT2D eigenvalue weighted by Gasteiger charge is 2.30. The van der Waals surface area contributed by atoms with Crippen molar-refractivity contribution in [3.63, 3.8) is 0 Å². The van der Waals surface area contributed by atoms with Gasteiger partial charge in [0.1, 0.15) is 17.4 Å². The SMILES string of the molecule is COc1ccc(/C=C(/C#N)C(=O)Nc2cccc(C(F)(F)F)c2)cc1I. The van der Waals surface area contributed by atoms with Crippen molar-refractivity contribution in [1.29, 1.82) is 5.26 Å². The molecule has 2 aromatic rings. The van der Waals surface area contributed by atoms with Crippen LogP contribution in [0.1, 0.15) is 11.1 Å². The van der Waals surface area contributed by atoms with Crippen LogP contribution >= 0.6 is 22.6 Å². The molecule has 134 valence electrons. The number of rotatable bonds is 4. The van der Waals surface area contributed by atoms with Crippen molar-refractivity contribution in [3.05, 3.63) is 62.7 Å². The maximum absolute atomic E-state index is 12.7. The van der Waals surface area contributed by atoms with Gasteiger partial charge in [0.25, 0.3) is 5.91 Å². The number of halogens is 4. The summed E-state index contributed by atoms with van der Waals surface area (Å²) in [7, 11) is 1.52. The summed E-state index contributed by atoms with van der Waals surface area (Å²) in [5.41, 5.74) is -0.577. The first-order valence-corrected chi connectivity index (χ1v) is 8.26. The average Bonchev–Trinajstić information content (AvgIpc) is 2.59. The van der Waals surface area contributed by atoms with Crippen LogP contribution in [0.4, 0.5) is 18.9 Å². The van der Waals surface area contributed by atoms with Crippen molar-refractivity contribution in [2.24, 2.45) is 0 Å². The summed E-state index contributed by atoms with van der Waals surface area (Å²) in [4.78, 5) is 12.2. The minimum atomic E-state index is -4.52. The topological polar surface area (TPSA) is 62.1 Å². The zero-order chi connectivity index (χ0) is 19.3. The lowest BCUT2D eigenvalue weighted by atomic mass is 10.1. The second-order valence-electron chi connectivity index (χ2n) is 5.10. The maximum Gasteiger partial charge on any atom is 0.416 e. The smallest absolute Gasteiger partial charge is 0.416 e. The third kappa shape index (κ3) is 4.98. The third-order valence-corrected chi connectivity index (χ3v) is 4.14. The van der Waals surface area contributed by atoms with Gasteiger partial charge < -0.3 is 10.1 Å². The highest BCUT2D eigenvalue weighted by atomic mass is 127. The molecule has 4 nitrogen and oxygen atoms in total. The molecule has 0 aliphatic heterocycles. The highest BCUT2D eigenvalue weighted by molar-refractivity contribution is 14.1. The molecular weight excluding hydrogens is 460 g/mol. The van der Waals surface area contributed by atoms with Crippen molar-refractivity contribution in [2.75, 3.05) is 12.4 Å². The van der Waals surface area contributed by atoms with E-state index in [0.717, 1.165) is 15.7 Å². The lowest BCUT2D eigenvalue weighted by Crippen LogP contribution is -2.14. The van der Waals surface area contributed by atoms with Crippen LogP contribution in [0, 0.1) is 14.9 Å². The van der Waals surface area contributed by atoms with Crippen molar-refractivity contribution in [2.45, 2.75) is 6.18 Å². The number of methoxy groups -OCH3 is 1. The predicted octanol–water partition coefficient (Wildman–Crippen LogP) is 4.86. The largest absolute Gasteiger partial charge is 0.496 e. The zero-order valence-electron chi connectivity index (χ0n) is 13.4. The summed E-state index contributed by atoms with van der Waals surface area (Å²) in [6, 6.07) is 11.0. The number of nitriles is 1. The monoisotopic (exact) mass is 472 g/mol. The van der Waals surface area contributed by atoms with Crippen LogP contribution in [-0.4, -0.2) is 13.0 Å². The van der Waals surface area contributed by atoms with E-state index in [9.17, 15) is 23.2 Å². The van der Waals surface area contributed by atoms with Gasteiger partial charge in [-0.05, 0) is 64.6 Å². The number of hydrogen-bond donors (Lipinski definition) is 1. The number of amides is 1. The second kappa shape index (κ2) is 8.23. The van der Waals surface area contributed by atoms with E-state index in [0.29, 0.717) is 11.3 Å². The van der Waals surface area contributed by atoms with Gasteiger partial charge in [0.05, 0.1) is 16.2 Å². The van der Waals surface area contributed by atoms with E-state index in [4.69, 9.17) is 4.74 Å². The first kappa shape index (κ1) is 19.8. The summed E-state index contributed by atoms with van der Waals surface area (Å²) in [6.45, 7) is 0. The minimum Gasteiger partial charge on any atom is -0.496 e. The lowest BCUT2D eigenvalue weighted by molar-refractivity contribution is -0.137. The number of ether oxygens (including phenoxy) is 1. The molecule has 0 aliphatic carbocycles. The van der Waals surface area contributed by atoms with Crippen LogP contribution in [-0.2, 0) is 11.0 Å². The highest BCUT2D eigenvalue weighted by Crippen LogP contribution is 2.30. The quantitative estimate of drug-likeness (QED) is 0.393. The Morgan fingerprint density at radius 3 is 2.58 bits per heavy atom. The van der Waals surface area contributed by atoms with Gasteiger partial charge in [-0.15, -0.1) is 0 Å². The van der Waals surface area contributed by atoms with Crippen molar-refractivity contribution in [3.8, 4) is 11.8 Å². The first-order chi connectivity index (χ1) is 12.2. The number of anilines is 1. The summed E-state index contributed by atoms with van der Waals surface area (Å²) in [5, 5.41) is 11.5. The van der Waals surface area contributed by atoms with Crippen LogP contribution < -0.4 is 10.1 Å². The molecule has 0 heterocycles. The van der Waals surface area contributed by atoms with Crippen LogP contribution in [0.15, 0.2) is 48.0 Å². The van der Waals surface area contributed by atoms with E-state index < -0.39 is 17.6 Å². The van der Waals surface area contributed by atoms with E-state index in [1.54, 1.807) is 24.3 Å². The van der Waals surface area contributed by atoms with E-state index in [1.165, 1.54) is 25.3 Å². The Morgan fingerprint density at radius 1 is 1.27 bits per heavy atom. The Balaban J connectivity index is 2.24. The first-order valence-electron chi connectivity index (χ1n) is 7.18. The summed E-state index contributed by atoms with van der Waals surface area (Å²) < 4.78 is 44.1. The molecule has 0 fully saturated rings. The van der Waals surface area contributed by atoms with Gasteiger partial charge >= 0.3 is 6.18 Å². The van der Waals surface area contributed by atoms with Gasteiger partial charge in [0.15, 0.2) is 0 Å². The Labute approximate surface area is 161 Å². The summed E-state index contributed by atoms with van der Waals surface area (Å²) in [6.07, 6.45) is -3.17. The Kier molecular flexibility index (Phi) is 6.26. The Morgan fingerprint density at radius 2 is 2.00 bits per heavy atom. The van der Waals surface area contributed by atoms with E-state index in [1.807, 2.05) is 22.6 Å². The molecule has 0 spiro atoms. The minimum absolute atomic E-state index is 0.0460. The fourth-order valence-corrected chi connectivity index (χ4v) is 2.82. The maximum atomic E-state index is 12.7. The van der Waals surface area contributed by atoms with E-state index in [2.05, 4.69) is 5.32 Å². The van der Waals surface area contributed by atoms with Gasteiger partial charge in [-0.2, -0.15) is 18.4 Å². The zero-order valence-corrected chi connectivity index (χ0v) is 15.6. The van der Waals surface area contributed by atoms with Crippen LogP contribution in [0.5, 0.6) is 5.75 Å². The van der Waals surface area contributed by atoms with Crippen molar-refractivity contribution in [1.82, 2.24) is 0 Å². The molecule has 0 atom stereocenters. The van der Waals surface area contributed by atoms with Gasteiger partial charge in [-0.25, -0.2) is 0 Å². The van der Waals surface area contributed by atoms with Crippen LogP contribution in [0.3, 0.4) is 0 Å². The number of nitrogens with zero attached hydrogens (tertiary/aromatic N) is 1. The molecule has 2 rings (SSSR count). The summed E-state index contributed by atoms with van der Waals surface area (Å²) >= 11 is 2.05. The van der Waals surface area contributed by atoms with Gasteiger partial charge in [0, 0.05) is 5.69 Å². The number of carbonyl (C=O) groups excluding carboxylic acids is 1. The number of carbonyl (C=O) groups is 1. The molecule has 1 N–H and O–H groups in total. The number of alkyl halides is 3. The average molecular weight is 472 g/mol. The second-order valence-corrected chi connectivity index (χ2v) is 6.26. The number of hydrogen-bond acceptors (Lipinski definition) is 3. The van der Waals surface area contributed by atoms with Gasteiger partial charge in [-0.1, -0.05) is 12.1 Å².